The molecule has 0 aliphatic carbocycles. The van der Waals surface area contributed by atoms with Crippen LogP contribution in [0.2, 0.25) is 0 Å². The van der Waals surface area contributed by atoms with Crippen molar-refractivity contribution in [3.05, 3.63) is 43.6 Å². The third kappa shape index (κ3) is 6.43. The van der Waals surface area contributed by atoms with Crippen LogP contribution in [0, 0.1) is 20.2 Å². The topological polar surface area (TPSA) is 172 Å². The Morgan fingerprint density at radius 2 is 2.04 bits per heavy atom. The second kappa shape index (κ2) is 8.61. The summed E-state index contributed by atoms with van der Waals surface area (Å²) in [4.78, 5) is 55.0. The number of thioether (sulfide) groups is 1. The molecule has 1 unspecified atom stereocenters. The first-order valence-corrected chi connectivity index (χ1v) is 6.99. The maximum atomic E-state index is 11.2. The standard InChI is InChI=1S/C11H11N3O9S/c1-6(15)24-10-9(11(16)17)3-7(4-12-10)2-8(23-14(20)21)5-22-13(18)19/h3-4,8H,2,5H2,1H3,(H,16,17). The number of aromatic nitrogens is 1. The van der Waals surface area contributed by atoms with Crippen LogP contribution in [0.15, 0.2) is 17.3 Å². The van der Waals surface area contributed by atoms with Gasteiger partial charge in [0, 0.05) is 19.5 Å². The molecule has 0 fully saturated rings. The molecule has 0 amide bonds. The minimum atomic E-state index is -1.35. The smallest absolute Gasteiger partial charge is 0.338 e. The van der Waals surface area contributed by atoms with Crippen LogP contribution >= 0.6 is 11.8 Å². The lowest BCUT2D eigenvalue weighted by atomic mass is 10.1. The summed E-state index contributed by atoms with van der Waals surface area (Å²) >= 11 is 0.621. The van der Waals surface area contributed by atoms with Crippen molar-refractivity contribution in [1.29, 1.82) is 0 Å². The third-order valence-corrected chi connectivity index (χ3v) is 3.25. The molecule has 24 heavy (non-hydrogen) atoms. The van der Waals surface area contributed by atoms with Crippen molar-refractivity contribution in [2.75, 3.05) is 6.61 Å². The van der Waals surface area contributed by atoms with Crippen LogP contribution in [0.1, 0.15) is 22.8 Å². The van der Waals surface area contributed by atoms with Crippen molar-refractivity contribution in [2.24, 2.45) is 0 Å². The van der Waals surface area contributed by atoms with Gasteiger partial charge in [-0.1, -0.05) is 0 Å². The number of hydrogen-bond acceptors (Lipinski definition) is 10. The zero-order chi connectivity index (χ0) is 18.3. The molecule has 0 spiro atoms. The monoisotopic (exact) mass is 361 g/mol. The normalized spacial score (nSPS) is 11.4. The Bertz CT molecular complexity index is 666. The molecule has 1 N–H and O–H groups in total. The Hall–Kier alpha value is -2.96. The van der Waals surface area contributed by atoms with E-state index in [9.17, 15) is 29.8 Å². The van der Waals surface area contributed by atoms with E-state index >= 15 is 0 Å². The van der Waals surface area contributed by atoms with E-state index in [0.717, 1.165) is 6.07 Å². The molecule has 1 aromatic rings. The highest BCUT2D eigenvalue weighted by Gasteiger charge is 2.20. The Balaban J connectivity index is 2.99. The van der Waals surface area contributed by atoms with Gasteiger partial charge in [-0.3, -0.25) is 4.79 Å². The number of carboxylic acids is 1. The first kappa shape index (κ1) is 19.1. The fourth-order valence-electron chi connectivity index (χ4n) is 1.63. The first-order valence-electron chi connectivity index (χ1n) is 6.18. The van der Waals surface area contributed by atoms with Crippen molar-refractivity contribution in [1.82, 2.24) is 4.98 Å². The van der Waals surface area contributed by atoms with Gasteiger partial charge in [0.15, 0.2) is 5.12 Å². The van der Waals surface area contributed by atoms with Gasteiger partial charge >= 0.3 is 5.97 Å². The molecule has 0 aliphatic rings. The molecule has 1 aromatic heterocycles. The number of nitrogens with zero attached hydrogens (tertiary/aromatic N) is 3. The van der Waals surface area contributed by atoms with Crippen molar-refractivity contribution in [3.8, 4) is 0 Å². The number of hydrogen-bond donors (Lipinski definition) is 1. The van der Waals surface area contributed by atoms with Crippen molar-refractivity contribution in [2.45, 2.75) is 24.5 Å². The fraction of sp³-hybridized carbons (Fsp3) is 0.364. The van der Waals surface area contributed by atoms with Crippen molar-refractivity contribution < 1.29 is 34.5 Å². The summed E-state index contributed by atoms with van der Waals surface area (Å²) in [5.41, 5.74) is -0.0677. The second-order valence-corrected chi connectivity index (χ2v) is 5.44. The maximum Gasteiger partial charge on any atom is 0.338 e. The first-order chi connectivity index (χ1) is 11.2. The average molecular weight is 361 g/mol. The van der Waals surface area contributed by atoms with E-state index in [1.807, 2.05) is 0 Å². The quantitative estimate of drug-likeness (QED) is 0.373. The van der Waals surface area contributed by atoms with Gasteiger partial charge in [0.2, 0.25) is 0 Å². The number of carbonyl (C=O) groups is 2. The Morgan fingerprint density at radius 3 is 2.54 bits per heavy atom. The van der Waals surface area contributed by atoms with Gasteiger partial charge in [0.05, 0.1) is 5.56 Å². The molecular formula is C11H11N3O9S. The Kier molecular flexibility index (Phi) is 6.85. The van der Waals surface area contributed by atoms with E-state index in [-0.39, 0.29) is 27.7 Å². The molecule has 1 atom stereocenters. The van der Waals surface area contributed by atoms with Gasteiger partial charge in [0.25, 0.3) is 10.2 Å². The van der Waals surface area contributed by atoms with E-state index in [1.165, 1.54) is 13.1 Å². The van der Waals surface area contributed by atoms with E-state index < -0.39 is 28.9 Å². The number of aromatic carboxylic acids is 1. The second-order valence-electron chi connectivity index (χ2n) is 4.27. The molecule has 0 radical (unpaired) electrons. The highest BCUT2D eigenvalue weighted by atomic mass is 32.2. The number of carbonyl (C=O) groups excluding carboxylic acids is 1. The van der Waals surface area contributed by atoms with Crippen LogP contribution in [0.5, 0.6) is 0 Å². The predicted octanol–water partition coefficient (Wildman–Crippen LogP) is 0.746. The van der Waals surface area contributed by atoms with Gasteiger partial charge in [-0.25, -0.2) is 9.78 Å². The molecule has 1 rings (SSSR count). The minimum absolute atomic E-state index is 0.0352. The zero-order valence-electron chi connectivity index (χ0n) is 12.1. The van der Waals surface area contributed by atoms with Gasteiger partial charge < -0.3 is 14.8 Å². The van der Waals surface area contributed by atoms with E-state index in [4.69, 9.17) is 5.11 Å². The summed E-state index contributed by atoms with van der Waals surface area (Å²) < 4.78 is 0. The summed E-state index contributed by atoms with van der Waals surface area (Å²) in [5.74, 6) is -1.35. The zero-order valence-corrected chi connectivity index (χ0v) is 12.9. The minimum Gasteiger partial charge on any atom is -0.478 e. The molecule has 0 saturated carbocycles. The van der Waals surface area contributed by atoms with Crippen LogP contribution in [0.3, 0.4) is 0 Å². The van der Waals surface area contributed by atoms with Crippen LogP contribution < -0.4 is 0 Å². The molecule has 12 nitrogen and oxygen atoms in total. The SMILES string of the molecule is CC(=O)Sc1ncc(CC(CO[N+](=O)[O-])O[N+](=O)[O-])cc1C(=O)O. The molecule has 0 aliphatic heterocycles. The average Bonchev–Trinajstić information content (AvgIpc) is 2.45. The van der Waals surface area contributed by atoms with Crippen LogP contribution in [-0.2, 0) is 20.9 Å². The summed E-state index contributed by atoms with van der Waals surface area (Å²) in [6, 6.07) is 1.16. The number of pyridine rings is 1. The van der Waals surface area contributed by atoms with Crippen LogP contribution in [-0.4, -0.2) is 44.1 Å². The predicted molar refractivity (Wildman–Crippen MR) is 76.3 cm³/mol. The Labute approximate surface area is 138 Å². The van der Waals surface area contributed by atoms with Gasteiger partial charge in [0.1, 0.15) is 17.7 Å². The van der Waals surface area contributed by atoms with Crippen LogP contribution in [0.25, 0.3) is 0 Å². The van der Waals surface area contributed by atoms with Gasteiger partial charge in [-0.2, -0.15) is 0 Å². The highest BCUT2D eigenvalue weighted by molar-refractivity contribution is 8.13. The fourth-order valence-corrected chi connectivity index (χ4v) is 2.27. The number of rotatable bonds is 9. The van der Waals surface area contributed by atoms with Crippen LogP contribution in [0.4, 0.5) is 0 Å². The maximum absolute atomic E-state index is 11.2. The highest BCUT2D eigenvalue weighted by Crippen LogP contribution is 2.22. The van der Waals surface area contributed by atoms with E-state index in [1.54, 1.807) is 0 Å². The van der Waals surface area contributed by atoms with Crippen molar-refractivity contribution in [3.63, 3.8) is 0 Å². The molecule has 130 valence electrons. The third-order valence-electron chi connectivity index (χ3n) is 2.44. The van der Waals surface area contributed by atoms with Crippen molar-refractivity contribution >= 4 is 22.8 Å². The summed E-state index contributed by atoms with van der Waals surface area (Å²) in [6.45, 7) is 0.516. The summed E-state index contributed by atoms with van der Waals surface area (Å²) in [7, 11) is 0. The molecule has 0 bridgehead atoms. The summed E-state index contributed by atoms with van der Waals surface area (Å²) in [6.07, 6.45) is -0.395. The Morgan fingerprint density at radius 1 is 1.38 bits per heavy atom. The summed E-state index contributed by atoms with van der Waals surface area (Å²) in [5, 5.41) is 27.0. The lowest BCUT2D eigenvalue weighted by Crippen LogP contribution is -2.27. The lowest BCUT2D eigenvalue weighted by Gasteiger charge is -2.14. The molecule has 13 heteroatoms. The molecular weight excluding hydrogens is 350 g/mol. The molecule has 0 aromatic carbocycles. The van der Waals surface area contributed by atoms with Gasteiger partial charge in [-0.05, 0) is 23.4 Å². The number of carboxylic acid groups (broad SMARTS) is 1. The van der Waals surface area contributed by atoms with E-state index in [0.29, 0.717) is 11.8 Å². The molecule has 1 heterocycles. The van der Waals surface area contributed by atoms with Gasteiger partial charge in [-0.15, -0.1) is 20.2 Å². The molecule has 0 saturated heterocycles. The largest absolute Gasteiger partial charge is 0.478 e. The van der Waals surface area contributed by atoms with E-state index in [2.05, 4.69) is 14.7 Å². The lowest BCUT2D eigenvalue weighted by molar-refractivity contribution is -0.789.